The second-order valence-electron chi connectivity index (χ2n) is 2.63. The molecule has 0 spiro atoms. The maximum Gasteiger partial charge on any atom is 0.375 e. The number of nitrogens with zero attached hydrogens (tertiary/aromatic N) is 4. The third kappa shape index (κ3) is 1.47. The lowest BCUT2D eigenvalue weighted by molar-refractivity contribution is 0.0679. The summed E-state index contributed by atoms with van der Waals surface area (Å²) in [5, 5.41) is 20.8. The first kappa shape index (κ1) is 9.06. The van der Waals surface area contributed by atoms with E-state index in [0.717, 1.165) is 16.9 Å². The van der Waals surface area contributed by atoms with E-state index < -0.39 is 17.8 Å². The Hall–Kier alpha value is -2.51. The first-order valence-electron chi connectivity index (χ1n) is 3.77. The zero-order valence-electron chi connectivity index (χ0n) is 7.15. The molecule has 0 radical (unpaired) electrons. The molecule has 0 fully saturated rings. The normalized spacial score (nSPS) is 10.4. The molecule has 8 nitrogen and oxygen atoms in total. The molecular weight excluding hydrogens is 204 g/mol. The number of aromatic carboxylic acids is 2. The minimum Gasteiger partial charge on any atom is -0.478 e. The van der Waals surface area contributed by atoms with E-state index in [1.165, 1.54) is 0 Å². The number of carboxylic acid groups (broad SMARTS) is 2. The number of hydrogen-bond donors (Lipinski definition) is 2. The number of rotatable bonds is 2. The number of carboxylic acids is 2. The number of hydrogen-bond acceptors (Lipinski definition) is 5. The van der Waals surface area contributed by atoms with Gasteiger partial charge in [-0.05, 0) is 0 Å². The lowest BCUT2D eigenvalue weighted by Gasteiger charge is -1.92. The van der Waals surface area contributed by atoms with Crippen LogP contribution in [0, 0.1) is 0 Å². The van der Waals surface area contributed by atoms with Gasteiger partial charge in [0.05, 0.1) is 5.56 Å². The van der Waals surface area contributed by atoms with Crippen molar-refractivity contribution in [2.75, 3.05) is 0 Å². The number of aromatic nitrogens is 4. The number of fused-ring (bicyclic) bond motifs is 1. The summed E-state index contributed by atoms with van der Waals surface area (Å²) < 4.78 is 1.01. The summed E-state index contributed by atoms with van der Waals surface area (Å²) in [7, 11) is 0. The third-order valence-electron chi connectivity index (χ3n) is 1.63. The highest BCUT2D eigenvalue weighted by Crippen LogP contribution is 2.01. The molecule has 0 aliphatic carbocycles. The van der Waals surface area contributed by atoms with Gasteiger partial charge in [0.2, 0.25) is 0 Å². The largest absolute Gasteiger partial charge is 0.478 e. The average Bonchev–Trinajstić information content (AvgIpc) is 2.59. The summed E-state index contributed by atoms with van der Waals surface area (Å²) in [5.41, 5.74) is -0.0932. The van der Waals surface area contributed by atoms with Crippen molar-refractivity contribution < 1.29 is 19.8 Å². The molecule has 2 rings (SSSR count). The molecule has 2 aromatic rings. The molecule has 76 valence electrons. The van der Waals surface area contributed by atoms with E-state index in [9.17, 15) is 9.59 Å². The molecule has 0 unspecified atom stereocenters. The molecule has 0 saturated heterocycles. The summed E-state index contributed by atoms with van der Waals surface area (Å²) >= 11 is 0. The fourth-order valence-electron chi connectivity index (χ4n) is 0.983. The van der Waals surface area contributed by atoms with Crippen molar-refractivity contribution in [1.29, 1.82) is 0 Å². The van der Waals surface area contributed by atoms with Gasteiger partial charge in [0, 0.05) is 12.4 Å². The predicted octanol–water partition coefficient (Wildman–Crippen LogP) is -0.479. The minimum atomic E-state index is -1.29. The molecule has 0 aliphatic rings. The van der Waals surface area contributed by atoms with Gasteiger partial charge in [-0.15, -0.1) is 5.10 Å². The van der Waals surface area contributed by atoms with Crippen molar-refractivity contribution in [3.05, 3.63) is 23.8 Å². The van der Waals surface area contributed by atoms with E-state index in [1.54, 1.807) is 0 Å². The first-order valence-corrected chi connectivity index (χ1v) is 3.77. The molecule has 2 heterocycles. The van der Waals surface area contributed by atoms with Crippen LogP contribution in [0.15, 0.2) is 12.4 Å². The van der Waals surface area contributed by atoms with E-state index >= 15 is 0 Å². The van der Waals surface area contributed by atoms with Crippen molar-refractivity contribution in [1.82, 2.24) is 19.6 Å². The first-order chi connectivity index (χ1) is 7.08. The van der Waals surface area contributed by atoms with Crippen LogP contribution in [-0.2, 0) is 0 Å². The van der Waals surface area contributed by atoms with Gasteiger partial charge in [-0.1, -0.05) is 0 Å². The Kier molecular flexibility index (Phi) is 1.82. The van der Waals surface area contributed by atoms with Crippen LogP contribution in [0.25, 0.3) is 5.78 Å². The summed E-state index contributed by atoms with van der Waals surface area (Å²) in [4.78, 5) is 28.3. The predicted molar refractivity (Wildman–Crippen MR) is 44.7 cm³/mol. The third-order valence-corrected chi connectivity index (χ3v) is 1.63. The Bertz CT molecular complexity index is 549. The Morgan fingerprint density at radius 2 is 2.00 bits per heavy atom. The molecule has 15 heavy (non-hydrogen) atoms. The van der Waals surface area contributed by atoms with Crippen LogP contribution in [-0.4, -0.2) is 41.7 Å². The van der Waals surface area contributed by atoms with E-state index in [-0.39, 0.29) is 11.3 Å². The van der Waals surface area contributed by atoms with Gasteiger partial charge in [0.25, 0.3) is 11.6 Å². The van der Waals surface area contributed by atoms with Crippen LogP contribution in [0.4, 0.5) is 0 Å². The maximum absolute atomic E-state index is 10.6. The quantitative estimate of drug-likeness (QED) is 0.684. The fourth-order valence-corrected chi connectivity index (χ4v) is 0.983. The standard InChI is InChI=1S/C7H4N4O4/c12-5(13)3-1-8-7-9-4(6(14)15)10-11(7)2-3/h1-2H,(H,12,13)(H,14,15). The topological polar surface area (TPSA) is 118 Å². The monoisotopic (exact) mass is 208 g/mol. The molecule has 0 bridgehead atoms. The van der Waals surface area contributed by atoms with Crippen molar-refractivity contribution in [3.63, 3.8) is 0 Å². The summed E-state index contributed by atoms with van der Waals surface area (Å²) in [6.45, 7) is 0. The summed E-state index contributed by atoms with van der Waals surface area (Å²) in [6.07, 6.45) is 2.22. The van der Waals surface area contributed by atoms with Crippen LogP contribution in [0.1, 0.15) is 21.0 Å². The Morgan fingerprint density at radius 3 is 2.60 bits per heavy atom. The van der Waals surface area contributed by atoms with E-state index in [4.69, 9.17) is 10.2 Å². The molecule has 0 aromatic carbocycles. The molecule has 2 N–H and O–H groups in total. The van der Waals surface area contributed by atoms with Crippen molar-refractivity contribution in [2.24, 2.45) is 0 Å². The lowest BCUT2D eigenvalue weighted by atomic mass is 10.4. The Balaban J connectivity index is 2.62. The van der Waals surface area contributed by atoms with Crippen LogP contribution in [0.3, 0.4) is 0 Å². The molecule has 8 heteroatoms. The van der Waals surface area contributed by atoms with Crippen LogP contribution < -0.4 is 0 Å². The van der Waals surface area contributed by atoms with Crippen molar-refractivity contribution >= 4 is 17.7 Å². The molecular formula is C7H4N4O4. The minimum absolute atomic E-state index is 0.0393. The van der Waals surface area contributed by atoms with Gasteiger partial charge in [-0.25, -0.2) is 19.1 Å². The van der Waals surface area contributed by atoms with Gasteiger partial charge in [-0.3, -0.25) is 0 Å². The molecule has 2 aromatic heterocycles. The van der Waals surface area contributed by atoms with E-state index in [2.05, 4.69) is 15.1 Å². The fraction of sp³-hybridized carbons (Fsp3) is 0. The van der Waals surface area contributed by atoms with Crippen LogP contribution in [0.5, 0.6) is 0 Å². The second-order valence-corrected chi connectivity index (χ2v) is 2.63. The zero-order chi connectivity index (χ0) is 11.0. The van der Waals surface area contributed by atoms with Crippen LogP contribution in [0.2, 0.25) is 0 Å². The van der Waals surface area contributed by atoms with Crippen LogP contribution >= 0.6 is 0 Å². The van der Waals surface area contributed by atoms with E-state index in [1.807, 2.05) is 0 Å². The van der Waals surface area contributed by atoms with Gasteiger partial charge < -0.3 is 10.2 Å². The number of carbonyl (C=O) groups is 2. The molecule has 0 aliphatic heterocycles. The molecule has 0 amide bonds. The van der Waals surface area contributed by atoms with Gasteiger partial charge in [0.1, 0.15) is 0 Å². The maximum atomic E-state index is 10.6. The van der Waals surface area contributed by atoms with Crippen molar-refractivity contribution in [2.45, 2.75) is 0 Å². The molecule has 0 atom stereocenters. The average molecular weight is 208 g/mol. The summed E-state index contributed by atoms with van der Waals surface area (Å²) in [6, 6.07) is 0. The Labute approximate surface area is 81.8 Å². The highest BCUT2D eigenvalue weighted by Gasteiger charge is 2.13. The van der Waals surface area contributed by atoms with Gasteiger partial charge in [0.15, 0.2) is 0 Å². The SMILES string of the molecule is O=C(O)c1cnc2nc(C(=O)O)nn2c1. The van der Waals surface area contributed by atoms with E-state index in [0.29, 0.717) is 0 Å². The van der Waals surface area contributed by atoms with Gasteiger partial charge in [-0.2, -0.15) is 4.98 Å². The highest BCUT2D eigenvalue weighted by molar-refractivity contribution is 5.87. The smallest absolute Gasteiger partial charge is 0.375 e. The van der Waals surface area contributed by atoms with Gasteiger partial charge >= 0.3 is 11.9 Å². The molecule has 0 saturated carbocycles. The Morgan fingerprint density at radius 1 is 1.27 bits per heavy atom. The second kappa shape index (κ2) is 3.01. The zero-order valence-corrected chi connectivity index (χ0v) is 7.15. The highest BCUT2D eigenvalue weighted by atomic mass is 16.4. The van der Waals surface area contributed by atoms with Crippen molar-refractivity contribution in [3.8, 4) is 0 Å². The summed E-state index contributed by atoms with van der Waals surface area (Å²) in [5.74, 6) is -2.85. The lowest BCUT2D eigenvalue weighted by Crippen LogP contribution is -2.02.